The molecule has 21 heavy (non-hydrogen) atoms. The monoisotopic (exact) mass is 287 g/mol. The molecule has 1 saturated carbocycles. The lowest BCUT2D eigenvalue weighted by atomic mass is 9.78. The van der Waals surface area contributed by atoms with Crippen molar-refractivity contribution in [1.82, 2.24) is 4.90 Å². The molecule has 1 aromatic carbocycles. The molecule has 0 unspecified atom stereocenters. The van der Waals surface area contributed by atoms with E-state index in [0.29, 0.717) is 0 Å². The van der Waals surface area contributed by atoms with Crippen molar-refractivity contribution >= 4 is 5.97 Å². The van der Waals surface area contributed by atoms with E-state index in [-0.39, 0.29) is 0 Å². The average Bonchev–Trinajstić information content (AvgIpc) is 2.99. The zero-order chi connectivity index (χ0) is 14.7. The van der Waals surface area contributed by atoms with Crippen molar-refractivity contribution < 1.29 is 9.90 Å². The zero-order valence-corrected chi connectivity index (χ0v) is 12.7. The molecule has 0 aromatic heterocycles. The Kier molecular flexibility index (Phi) is 4.29. The maximum absolute atomic E-state index is 11.8. The number of hydrogen-bond acceptors (Lipinski definition) is 2. The van der Waals surface area contributed by atoms with Gasteiger partial charge in [-0.15, -0.1) is 0 Å². The van der Waals surface area contributed by atoms with Crippen LogP contribution in [0.25, 0.3) is 0 Å². The van der Waals surface area contributed by atoms with E-state index in [1.54, 1.807) is 0 Å². The predicted octanol–water partition coefficient (Wildman–Crippen LogP) is 3.57. The van der Waals surface area contributed by atoms with E-state index < -0.39 is 11.4 Å². The van der Waals surface area contributed by atoms with Crippen molar-refractivity contribution in [1.29, 1.82) is 0 Å². The summed E-state index contributed by atoms with van der Waals surface area (Å²) in [5.41, 5.74) is 1.65. The van der Waals surface area contributed by atoms with Crippen molar-refractivity contribution in [3.63, 3.8) is 0 Å². The highest BCUT2D eigenvalue weighted by atomic mass is 16.4. The highest BCUT2D eigenvalue weighted by Crippen LogP contribution is 2.41. The Morgan fingerprint density at radius 1 is 1.10 bits per heavy atom. The minimum Gasteiger partial charge on any atom is -0.481 e. The Balaban J connectivity index is 1.80. The van der Waals surface area contributed by atoms with Crippen LogP contribution in [0.4, 0.5) is 0 Å². The van der Waals surface area contributed by atoms with Gasteiger partial charge in [-0.3, -0.25) is 9.69 Å². The quantitative estimate of drug-likeness (QED) is 0.920. The second-order valence-corrected chi connectivity index (χ2v) is 6.63. The molecule has 2 fully saturated rings. The van der Waals surface area contributed by atoms with Crippen molar-refractivity contribution in [3.8, 4) is 0 Å². The van der Waals surface area contributed by atoms with Gasteiger partial charge in [0.2, 0.25) is 0 Å². The van der Waals surface area contributed by atoms with Gasteiger partial charge in [-0.1, -0.05) is 43.5 Å². The molecule has 3 heteroatoms. The Morgan fingerprint density at radius 3 is 2.48 bits per heavy atom. The summed E-state index contributed by atoms with van der Waals surface area (Å²) in [6.07, 6.45) is 7.56. The van der Waals surface area contributed by atoms with Gasteiger partial charge < -0.3 is 5.11 Å². The Hall–Kier alpha value is -1.35. The number of carboxylic acid groups (broad SMARTS) is 1. The van der Waals surface area contributed by atoms with Crippen molar-refractivity contribution in [2.75, 3.05) is 13.1 Å². The van der Waals surface area contributed by atoms with Crippen LogP contribution in [0.15, 0.2) is 24.3 Å². The molecule has 0 radical (unpaired) electrons. The number of carboxylic acids is 1. The summed E-state index contributed by atoms with van der Waals surface area (Å²) in [4.78, 5) is 14.3. The van der Waals surface area contributed by atoms with Crippen LogP contribution in [0, 0.1) is 0 Å². The molecule has 1 aromatic rings. The smallest absolute Gasteiger partial charge is 0.314 e. The van der Waals surface area contributed by atoms with E-state index in [4.69, 9.17) is 0 Å². The summed E-state index contributed by atoms with van der Waals surface area (Å²) in [5.74, 6) is -0.643. The highest BCUT2D eigenvalue weighted by molar-refractivity contribution is 5.81. The lowest BCUT2D eigenvalue weighted by molar-refractivity contribution is -0.143. The second kappa shape index (κ2) is 6.18. The third-order valence-corrected chi connectivity index (χ3v) is 5.20. The number of benzene rings is 1. The number of carbonyl (C=O) groups is 1. The van der Waals surface area contributed by atoms with Crippen LogP contribution >= 0.6 is 0 Å². The Labute approximate surface area is 127 Å². The lowest BCUT2D eigenvalue weighted by Gasteiger charge is -2.28. The fourth-order valence-corrected chi connectivity index (χ4v) is 3.95. The molecule has 0 amide bonds. The molecule has 1 N–H and O–H groups in total. The van der Waals surface area contributed by atoms with Gasteiger partial charge in [0.25, 0.3) is 0 Å². The van der Waals surface area contributed by atoms with Crippen molar-refractivity contribution in [2.45, 2.75) is 56.9 Å². The van der Waals surface area contributed by atoms with E-state index in [1.165, 1.54) is 37.9 Å². The molecule has 0 bridgehead atoms. The van der Waals surface area contributed by atoms with Gasteiger partial charge in [-0.25, -0.2) is 0 Å². The van der Waals surface area contributed by atoms with Gasteiger partial charge in [0.1, 0.15) is 0 Å². The molecular weight excluding hydrogens is 262 g/mol. The Morgan fingerprint density at radius 2 is 1.81 bits per heavy atom. The molecule has 3 nitrogen and oxygen atoms in total. The van der Waals surface area contributed by atoms with Gasteiger partial charge in [-0.2, -0.15) is 0 Å². The third-order valence-electron chi connectivity index (χ3n) is 5.20. The minimum absolute atomic E-state index is 0.627. The number of aliphatic carboxylic acids is 1. The summed E-state index contributed by atoms with van der Waals surface area (Å²) in [6.45, 7) is 3.31. The van der Waals surface area contributed by atoms with Crippen molar-refractivity contribution in [2.24, 2.45) is 0 Å². The van der Waals surface area contributed by atoms with E-state index in [2.05, 4.69) is 17.0 Å². The number of nitrogens with zero attached hydrogens (tertiary/aromatic N) is 1. The Bertz CT molecular complexity index is 500. The van der Waals surface area contributed by atoms with Crippen LogP contribution in [0.5, 0.6) is 0 Å². The summed E-state index contributed by atoms with van der Waals surface area (Å²) in [6, 6.07) is 8.34. The molecular formula is C18H25NO2. The SMILES string of the molecule is O=C(O)C1(c2cccc(CN3CCCCC3)c2)CCCC1. The van der Waals surface area contributed by atoms with Crippen LogP contribution < -0.4 is 0 Å². The minimum atomic E-state index is -0.643. The maximum Gasteiger partial charge on any atom is 0.314 e. The number of likely N-dealkylation sites (tertiary alicyclic amines) is 1. The summed E-state index contributed by atoms with van der Waals surface area (Å²) >= 11 is 0. The molecule has 1 saturated heterocycles. The maximum atomic E-state index is 11.8. The number of rotatable bonds is 4. The van der Waals surface area contributed by atoms with E-state index in [9.17, 15) is 9.90 Å². The van der Waals surface area contributed by atoms with Crippen LogP contribution in [0.3, 0.4) is 0 Å². The van der Waals surface area contributed by atoms with Gasteiger partial charge in [0.15, 0.2) is 0 Å². The van der Waals surface area contributed by atoms with Gasteiger partial charge in [-0.05, 0) is 49.9 Å². The van der Waals surface area contributed by atoms with Gasteiger partial charge in [0.05, 0.1) is 5.41 Å². The van der Waals surface area contributed by atoms with Gasteiger partial charge >= 0.3 is 5.97 Å². The largest absolute Gasteiger partial charge is 0.481 e. The molecule has 0 atom stereocenters. The average molecular weight is 287 g/mol. The normalized spacial score (nSPS) is 22.3. The van der Waals surface area contributed by atoms with E-state index in [0.717, 1.165) is 37.8 Å². The van der Waals surface area contributed by atoms with Gasteiger partial charge in [0, 0.05) is 6.54 Å². The standard InChI is InChI=1S/C18H25NO2/c20-17(21)18(9-2-3-10-18)16-8-6-7-15(13-16)14-19-11-4-1-5-12-19/h6-8,13H,1-5,9-12,14H2,(H,20,21). The third kappa shape index (κ3) is 2.98. The first kappa shape index (κ1) is 14.6. The van der Waals surface area contributed by atoms with E-state index in [1.807, 2.05) is 12.1 Å². The van der Waals surface area contributed by atoms with Crippen molar-refractivity contribution in [3.05, 3.63) is 35.4 Å². The van der Waals surface area contributed by atoms with Crippen LogP contribution in [-0.2, 0) is 16.8 Å². The first-order valence-corrected chi connectivity index (χ1v) is 8.26. The molecule has 114 valence electrons. The van der Waals surface area contributed by atoms with Crippen LogP contribution in [0.2, 0.25) is 0 Å². The number of hydrogen-bond donors (Lipinski definition) is 1. The lowest BCUT2D eigenvalue weighted by Crippen LogP contribution is -2.33. The van der Waals surface area contributed by atoms with Crippen LogP contribution in [0.1, 0.15) is 56.1 Å². The molecule has 3 rings (SSSR count). The first-order valence-electron chi connectivity index (χ1n) is 8.26. The second-order valence-electron chi connectivity index (χ2n) is 6.63. The zero-order valence-electron chi connectivity index (χ0n) is 12.7. The molecule has 1 aliphatic carbocycles. The molecule has 1 aliphatic heterocycles. The van der Waals surface area contributed by atoms with E-state index >= 15 is 0 Å². The fraction of sp³-hybridized carbons (Fsp3) is 0.611. The summed E-state index contributed by atoms with van der Waals surface area (Å²) in [7, 11) is 0. The van der Waals surface area contributed by atoms with Crippen LogP contribution in [-0.4, -0.2) is 29.1 Å². The molecule has 2 aliphatic rings. The molecule has 1 heterocycles. The topological polar surface area (TPSA) is 40.5 Å². The number of piperidine rings is 1. The predicted molar refractivity (Wildman–Crippen MR) is 83.4 cm³/mol. The summed E-state index contributed by atoms with van der Waals surface area (Å²) in [5, 5.41) is 9.72. The molecule has 0 spiro atoms. The summed E-state index contributed by atoms with van der Waals surface area (Å²) < 4.78 is 0. The first-order chi connectivity index (χ1) is 10.2. The highest BCUT2D eigenvalue weighted by Gasteiger charge is 2.42. The fourth-order valence-electron chi connectivity index (χ4n) is 3.95.